The van der Waals surface area contributed by atoms with E-state index >= 15 is 0 Å². The van der Waals surface area contributed by atoms with Crippen LogP contribution in [0.5, 0.6) is 0 Å². The normalized spacial score (nSPS) is 19.0. The van der Waals surface area contributed by atoms with Gasteiger partial charge < -0.3 is 5.32 Å². The van der Waals surface area contributed by atoms with Crippen LogP contribution in [0, 0.1) is 0 Å². The lowest BCUT2D eigenvalue weighted by Crippen LogP contribution is -2.21. The number of hydrogen-bond donors (Lipinski definition) is 1. The summed E-state index contributed by atoms with van der Waals surface area (Å²) in [6.45, 7) is 6.06. The number of hydrogen-bond acceptors (Lipinski definition) is 4. The minimum Gasteiger partial charge on any atom is -0.311 e. The van der Waals surface area contributed by atoms with Crippen LogP contribution in [0.4, 0.5) is 5.82 Å². The standard InChI is InChI=1S/C19H23Cl2N3O3S/c1-19(2,3)16-10-17(24(23-16)13-6-7-28(26,27)11-13)22-18(25)9-12-4-5-14(20)15(21)8-12/h4-5,8,10,13H,6-7,9,11H2,1-3H3,(H,22,25)/t13-/m0/s1. The summed E-state index contributed by atoms with van der Waals surface area (Å²) in [6.07, 6.45) is 0.610. The highest BCUT2D eigenvalue weighted by atomic mass is 35.5. The van der Waals surface area contributed by atoms with Gasteiger partial charge in [-0.2, -0.15) is 5.10 Å². The molecule has 0 aliphatic carbocycles. The van der Waals surface area contributed by atoms with E-state index in [1.165, 1.54) is 0 Å². The highest BCUT2D eigenvalue weighted by Gasteiger charge is 2.32. The van der Waals surface area contributed by atoms with E-state index in [4.69, 9.17) is 23.2 Å². The average Bonchev–Trinajstić information content (AvgIpc) is 3.13. The molecule has 1 aromatic heterocycles. The molecular weight excluding hydrogens is 421 g/mol. The van der Waals surface area contributed by atoms with Crippen LogP contribution < -0.4 is 5.32 Å². The molecule has 1 saturated heterocycles. The summed E-state index contributed by atoms with van der Waals surface area (Å²) in [4.78, 5) is 12.6. The predicted octanol–water partition coefficient (Wildman–Crippen LogP) is 4.03. The number of nitrogens with one attached hydrogen (secondary N) is 1. The van der Waals surface area contributed by atoms with Crippen molar-refractivity contribution in [1.29, 1.82) is 0 Å². The van der Waals surface area contributed by atoms with Gasteiger partial charge in [-0.15, -0.1) is 0 Å². The van der Waals surface area contributed by atoms with Crippen LogP contribution in [0.25, 0.3) is 0 Å². The Bertz CT molecular complexity index is 1010. The SMILES string of the molecule is CC(C)(C)c1cc(NC(=O)Cc2ccc(Cl)c(Cl)c2)n([C@H]2CCS(=O)(=O)C2)n1. The minimum atomic E-state index is -3.07. The maximum Gasteiger partial charge on any atom is 0.229 e. The Balaban J connectivity index is 1.84. The highest BCUT2D eigenvalue weighted by molar-refractivity contribution is 7.91. The Morgan fingerprint density at radius 2 is 1.96 bits per heavy atom. The third kappa shape index (κ3) is 4.88. The summed E-state index contributed by atoms with van der Waals surface area (Å²) < 4.78 is 25.5. The first-order valence-corrected chi connectivity index (χ1v) is 11.6. The molecule has 0 bridgehead atoms. The van der Waals surface area contributed by atoms with Gasteiger partial charge in [0.25, 0.3) is 0 Å². The Hall–Kier alpha value is -1.57. The van der Waals surface area contributed by atoms with E-state index in [2.05, 4.69) is 10.4 Å². The van der Waals surface area contributed by atoms with Gasteiger partial charge in [0, 0.05) is 11.5 Å². The maximum atomic E-state index is 12.6. The molecule has 0 radical (unpaired) electrons. The van der Waals surface area contributed by atoms with Crippen molar-refractivity contribution in [3.8, 4) is 0 Å². The highest BCUT2D eigenvalue weighted by Crippen LogP contribution is 2.31. The lowest BCUT2D eigenvalue weighted by atomic mass is 9.92. The van der Waals surface area contributed by atoms with E-state index < -0.39 is 9.84 Å². The fourth-order valence-electron chi connectivity index (χ4n) is 3.12. The van der Waals surface area contributed by atoms with Gasteiger partial charge in [0.15, 0.2) is 9.84 Å². The lowest BCUT2D eigenvalue weighted by molar-refractivity contribution is -0.115. The van der Waals surface area contributed by atoms with Crippen molar-refractivity contribution in [2.45, 2.75) is 45.1 Å². The van der Waals surface area contributed by atoms with Gasteiger partial charge in [-0.25, -0.2) is 13.1 Å². The van der Waals surface area contributed by atoms with Crippen molar-refractivity contribution >= 4 is 44.8 Å². The van der Waals surface area contributed by atoms with Gasteiger partial charge in [-0.05, 0) is 24.1 Å². The Morgan fingerprint density at radius 1 is 1.25 bits per heavy atom. The van der Waals surface area contributed by atoms with Gasteiger partial charge >= 0.3 is 0 Å². The number of nitrogens with zero attached hydrogens (tertiary/aromatic N) is 2. The smallest absolute Gasteiger partial charge is 0.229 e. The molecule has 2 heterocycles. The van der Waals surface area contributed by atoms with Crippen molar-refractivity contribution in [3.63, 3.8) is 0 Å². The molecule has 1 amide bonds. The summed E-state index contributed by atoms with van der Waals surface area (Å²) in [7, 11) is -3.07. The average molecular weight is 444 g/mol. The molecule has 152 valence electrons. The zero-order valence-electron chi connectivity index (χ0n) is 16.0. The lowest BCUT2D eigenvalue weighted by Gasteiger charge is -2.15. The molecule has 0 saturated carbocycles. The summed E-state index contributed by atoms with van der Waals surface area (Å²) in [5.41, 5.74) is 1.30. The first-order chi connectivity index (χ1) is 12.9. The van der Waals surface area contributed by atoms with Crippen molar-refractivity contribution < 1.29 is 13.2 Å². The monoisotopic (exact) mass is 443 g/mol. The van der Waals surface area contributed by atoms with E-state index in [9.17, 15) is 13.2 Å². The molecule has 1 aliphatic heterocycles. The second kappa shape index (κ2) is 7.69. The fraction of sp³-hybridized carbons (Fsp3) is 0.474. The number of halogens is 2. The van der Waals surface area contributed by atoms with E-state index in [-0.39, 0.29) is 35.3 Å². The van der Waals surface area contributed by atoms with Crippen LogP contribution in [-0.2, 0) is 26.5 Å². The van der Waals surface area contributed by atoms with Crippen LogP contribution >= 0.6 is 23.2 Å². The quantitative estimate of drug-likeness (QED) is 0.772. The molecule has 0 unspecified atom stereocenters. The molecule has 1 fully saturated rings. The topological polar surface area (TPSA) is 81.1 Å². The zero-order valence-corrected chi connectivity index (χ0v) is 18.3. The number of carbonyl (C=O) groups excluding carboxylic acids is 1. The molecule has 0 spiro atoms. The molecule has 1 atom stereocenters. The van der Waals surface area contributed by atoms with Crippen LogP contribution in [0.1, 0.15) is 44.5 Å². The Labute approximate surface area is 175 Å². The Kier molecular flexibility index (Phi) is 5.81. The molecule has 28 heavy (non-hydrogen) atoms. The second-order valence-electron chi connectivity index (χ2n) is 8.14. The first-order valence-electron chi connectivity index (χ1n) is 8.99. The van der Waals surface area contributed by atoms with Gasteiger partial charge in [-0.1, -0.05) is 50.0 Å². The van der Waals surface area contributed by atoms with Crippen molar-refractivity contribution in [2.75, 3.05) is 16.8 Å². The van der Waals surface area contributed by atoms with Crippen LogP contribution in [0.3, 0.4) is 0 Å². The van der Waals surface area contributed by atoms with E-state index in [1.807, 2.05) is 26.8 Å². The van der Waals surface area contributed by atoms with E-state index in [0.29, 0.717) is 22.3 Å². The summed E-state index contributed by atoms with van der Waals surface area (Å²) >= 11 is 11.9. The number of amides is 1. The molecule has 9 heteroatoms. The van der Waals surface area contributed by atoms with Crippen LogP contribution in [0.2, 0.25) is 10.0 Å². The van der Waals surface area contributed by atoms with Gasteiger partial charge in [0.1, 0.15) is 5.82 Å². The summed E-state index contributed by atoms with van der Waals surface area (Å²) in [5.74, 6) is 0.449. The summed E-state index contributed by atoms with van der Waals surface area (Å²) in [5, 5.41) is 8.32. The van der Waals surface area contributed by atoms with Crippen LogP contribution in [0.15, 0.2) is 24.3 Å². The number of rotatable bonds is 4. The number of benzene rings is 1. The molecule has 3 rings (SSSR count). The number of aromatic nitrogens is 2. The minimum absolute atomic E-state index is 0.0356. The predicted molar refractivity (Wildman–Crippen MR) is 112 cm³/mol. The van der Waals surface area contributed by atoms with Crippen molar-refractivity contribution in [3.05, 3.63) is 45.6 Å². The zero-order chi connectivity index (χ0) is 20.7. The maximum absolute atomic E-state index is 12.6. The van der Waals surface area contributed by atoms with Crippen LogP contribution in [-0.4, -0.2) is 35.6 Å². The molecule has 6 nitrogen and oxygen atoms in total. The molecule has 1 aromatic carbocycles. The second-order valence-corrected chi connectivity index (χ2v) is 11.2. The number of sulfone groups is 1. The van der Waals surface area contributed by atoms with Crippen molar-refractivity contribution in [1.82, 2.24) is 9.78 Å². The van der Waals surface area contributed by atoms with Crippen molar-refractivity contribution in [2.24, 2.45) is 0 Å². The molecular formula is C19H23Cl2N3O3S. The Morgan fingerprint density at radius 3 is 2.54 bits per heavy atom. The largest absolute Gasteiger partial charge is 0.311 e. The van der Waals surface area contributed by atoms with E-state index in [0.717, 1.165) is 11.3 Å². The fourth-order valence-corrected chi connectivity index (χ4v) is 5.14. The molecule has 2 aromatic rings. The van der Waals surface area contributed by atoms with Gasteiger partial charge in [0.2, 0.25) is 5.91 Å². The number of anilines is 1. The van der Waals surface area contributed by atoms with E-state index in [1.54, 1.807) is 22.9 Å². The third-order valence-corrected chi connectivity index (χ3v) is 7.16. The first kappa shape index (κ1) is 21.1. The van der Waals surface area contributed by atoms with Gasteiger partial charge in [-0.3, -0.25) is 4.79 Å². The summed E-state index contributed by atoms with van der Waals surface area (Å²) in [6, 6.07) is 6.59. The number of carbonyl (C=O) groups is 1. The molecule has 1 aliphatic rings. The molecule has 1 N–H and O–H groups in total. The van der Waals surface area contributed by atoms with Gasteiger partial charge in [0.05, 0.1) is 39.7 Å². The third-order valence-electron chi connectivity index (χ3n) is 4.67.